The SMILES string of the molecule is COCCn1nc(C)c(-c2cncc(CC(=O)O)c2)c1C. The van der Waals surface area contributed by atoms with Gasteiger partial charge in [0.1, 0.15) is 0 Å². The molecular weight excluding hydrogens is 270 g/mol. The van der Waals surface area contributed by atoms with Gasteiger partial charge in [-0.05, 0) is 25.5 Å². The first-order chi connectivity index (χ1) is 10.0. The number of hydrogen-bond donors (Lipinski definition) is 1. The van der Waals surface area contributed by atoms with Crippen molar-refractivity contribution in [3.63, 3.8) is 0 Å². The third-order valence-electron chi connectivity index (χ3n) is 3.33. The van der Waals surface area contributed by atoms with E-state index in [9.17, 15) is 4.79 Å². The number of aromatic nitrogens is 3. The minimum atomic E-state index is -0.863. The molecule has 0 aliphatic carbocycles. The number of ether oxygens (including phenoxy) is 1. The number of methoxy groups -OCH3 is 1. The van der Waals surface area contributed by atoms with Gasteiger partial charge in [0, 0.05) is 36.3 Å². The molecule has 2 aromatic rings. The van der Waals surface area contributed by atoms with Crippen LogP contribution in [-0.4, -0.2) is 39.6 Å². The number of pyridine rings is 1. The fourth-order valence-corrected chi connectivity index (χ4v) is 2.41. The second-order valence-electron chi connectivity index (χ2n) is 4.91. The van der Waals surface area contributed by atoms with Gasteiger partial charge >= 0.3 is 5.97 Å². The van der Waals surface area contributed by atoms with Crippen LogP contribution in [0.15, 0.2) is 18.5 Å². The standard InChI is InChI=1S/C15H19N3O3/c1-10-15(11(2)18(17-10)4-5-21-3)13-6-12(7-14(19)20)8-16-9-13/h6,8-9H,4-5,7H2,1-3H3,(H,19,20). The number of aliphatic carboxylic acids is 1. The molecule has 0 saturated heterocycles. The molecule has 21 heavy (non-hydrogen) atoms. The van der Waals surface area contributed by atoms with Gasteiger partial charge < -0.3 is 9.84 Å². The van der Waals surface area contributed by atoms with E-state index in [0.717, 1.165) is 22.5 Å². The molecule has 0 bridgehead atoms. The number of aryl methyl sites for hydroxylation is 1. The molecule has 0 spiro atoms. The summed E-state index contributed by atoms with van der Waals surface area (Å²) in [6, 6.07) is 1.86. The molecule has 0 radical (unpaired) electrons. The Morgan fingerprint density at radius 3 is 2.81 bits per heavy atom. The highest BCUT2D eigenvalue weighted by molar-refractivity contribution is 5.72. The first kappa shape index (κ1) is 15.2. The summed E-state index contributed by atoms with van der Waals surface area (Å²) in [6.07, 6.45) is 3.29. The van der Waals surface area contributed by atoms with Gasteiger partial charge in [-0.25, -0.2) is 0 Å². The van der Waals surface area contributed by atoms with Crippen molar-refractivity contribution in [1.82, 2.24) is 14.8 Å². The topological polar surface area (TPSA) is 77.2 Å². The van der Waals surface area contributed by atoms with Gasteiger partial charge in [0.25, 0.3) is 0 Å². The Morgan fingerprint density at radius 1 is 1.38 bits per heavy atom. The Balaban J connectivity index is 2.37. The highest BCUT2D eigenvalue weighted by atomic mass is 16.5. The van der Waals surface area contributed by atoms with Gasteiger partial charge in [-0.1, -0.05) is 0 Å². The quantitative estimate of drug-likeness (QED) is 0.878. The minimum Gasteiger partial charge on any atom is -0.481 e. The van der Waals surface area contributed by atoms with E-state index in [1.165, 1.54) is 0 Å². The Bertz CT molecular complexity index is 650. The third-order valence-corrected chi connectivity index (χ3v) is 3.33. The maximum Gasteiger partial charge on any atom is 0.307 e. The molecule has 0 aromatic carbocycles. The van der Waals surface area contributed by atoms with Gasteiger partial charge in [-0.3, -0.25) is 14.5 Å². The first-order valence-corrected chi connectivity index (χ1v) is 6.72. The second-order valence-corrected chi connectivity index (χ2v) is 4.91. The molecule has 2 aromatic heterocycles. The summed E-state index contributed by atoms with van der Waals surface area (Å²) in [5.41, 5.74) is 4.51. The van der Waals surface area contributed by atoms with E-state index in [0.29, 0.717) is 18.7 Å². The lowest BCUT2D eigenvalue weighted by molar-refractivity contribution is -0.136. The van der Waals surface area contributed by atoms with Gasteiger partial charge in [0.2, 0.25) is 0 Å². The zero-order chi connectivity index (χ0) is 15.4. The maximum absolute atomic E-state index is 10.8. The van der Waals surface area contributed by atoms with Crippen LogP contribution < -0.4 is 0 Å². The predicted octanol–water partition coefficient (Wildman–Crippen LogP) is 1.84. The molecule has 0 saturated carbocycles. The summed E-state index contributed by atoms with van der Waals surface area (Å²) < 4.78 is 6.98. The first-order valence-electron chi connectivity index (χ1n) is 6.72. The van der Waals surface area contributed by atoms with Crippen LogP contribution >= 0.6 is 0 Å². The highest BCUT2D eigenvalue weighted by Crippen LogP contribution is 2.27. The van der Waals surface area contributed by atoms with Gasteiger partial charge in [-0.15, -0.1) is 0 Å². The number of hydrogen-bond acceptors (Lipinski definition) is 4. The van der Waals surface area contributed by atoms with E-state index in [1.807, 2.05) is 24.6 Å². The molecule has 2 heterocycles. The summed E-state index contributed by atoms with van der Waals surface area (Å²) >= 11 is 0. The Morgan fingerprint density at radius 2 is 2.14 bits per heavy atom. The summed E-state index contributed by atoms with van der Waals surface area (Å²) in [6.45, 7) is 5.22. The van der Waals surface area contributed by atoms with E-state index in [1.54, 1.807) is 19.5 Å². The molecule has 0 fully saturated rings. The predicted molar refractivity (Wildman–Crippen MR) is 78.1 cm³/mol. The van der Waals surface area contributed by atoms with Crippen molar-refractivity contribution in [2.75, 3.05) is 13.7 Å². The Hall–Kier alpha value is -2.21. The molecule has 6 heteroatoms. The fraction of sp³-hybridized carbons (Fsp3) is 0.400. The number of carboxylic acid groups (broad SMARTS) is 1. The average Bonchev–Trinajstić information content (AvgIpc) is 2.70. The molecule has 0 aliphatic heterocycles. The summed E-state index contributed by atoms with van der Waals surface area (Å²) in [5.74, 6) is -0.863. The van der Waals surface area contributed by atoms with E-state index >= 15 is 0 Å². The fourth-order valence-electron chi connectivity index (χ4n) is 2.41. The van der Waals surface area contributed by atoms with E-state index < -0.39 is 5.97 Å². The van der Waals surface area contributed by atoms with Crippen LogP contribution in [0.2, 0.25) is 0 Å². The lowest BCUT2D eigenvalue weighted by Gasteiger charge is -2.06. The van der Waals surface area contributed by atoms with Crippen LogP contribution in [0.3, 0.4) is 0 Å². The van der Waals surface area contributed by atoms with E-state index in [2.05, 4.69) is 10.1 Å². The second kappa shape index (κ2) is 6.49. The zero-order valence-corrected chi connectivity index (χ0v) is 12.5. The number of rotatable bonds is 6. The van der Waals surface area contributed by atoms with Crippen molar-refractivity contribution < 1.29 is 14.6 Å². The van der Waals surface area contributed by atoms with Crippen molar-refractivity contribution in [3.8, 4) is 11.1 Å². The normalized spacial score (nSPS) is 10.8. The Labute approximate surface area is 123 Å². The maximum atomic E-state index is 10.8. The average molecular weight is 289 g/mol. The third kappa shape index (κ3) is 3.46. The van der Waals surface area contributed by atoms with Gasteiger partial charge in [-0.2, -0.15) is 5.10 Å². The van der Waals surface area contributed by atoms with Crippen molar-refractivity contribution in [2.45, 2.75) is 26.8 Å². The molecule has 112 valence electrons. The number of carbonyl (C=O) groups is 1. The molecule has 1 N–H and O–H groups in total. The van der Waals surface area contributed by atoms with Crippen LogP contribution in [0.1, 0.15) is 17.0 Å². The molecule has 6 nitrogen and oxygen atoms in total. The van der Waals surface area contributed by atoms with Gasteiger partial charge in [0.05, 0.1) is 25.3 Å². The van der Waals surface area contributed by atoms with Crippen molar-refractivity contribution in [2.24, 2.45) is 0 Å². The smallest absolute Gasteiger partial charge is 0.307 e. The summed E-state index contributed by atoms with van der Waals surface area (Å²) in [5, 5.41) is 13.4. The molecule has 0 atom stereocenters. The Kier molecular flexibility index (Phi) is 4.70. The van der Waals surface area contributed by atoms with Crippen molar-refractivity contribution in [3.05, 3.63) is 35.4 Å². The largest absolute Gasteiger partial charge is 0.481 e. The summed E-state index contributed by atoms with van der Waals surface area (Å²) in [7, 11) is 1.66. The molecular formula is C15H19N3O3. The highest BCUT2D eigenvalue weighted by Gasteiger charge is 2.14. The molecule has 0 aliphatic rings. The lowest BCUT2D eigenvalue weighted by atomic mass is 10.0. The number of nitrogens with zero attached hydrogens (tertiary/aromatic N) is 3. The van der Waals surface area contributed by atoms with Crippen LogP contribution in [0.4, 0.5) is 0 Å². The van der Waals surface area contributed by atoms with Gasteiger partial charge in [0.15, 0.2) is 0 Å². The molecule has 2 rings (SSSR count). The van der Waals surface area contributed by atoms with Crippen LogP contribution in [0, 0.1) is 13.8 Å². The molecule has 0 unspecified atom stereocenters. The monoisotopic (exact) mass is 289 g/mol. The van der Waals surface area contributed by atoms with Crippen LogP contribution in [-0.2, 0) is 22.5 Å². The van der Waals surface area contributed by atoms with Crippen molar-refractivity contribution >= 4 is 5.97 Å². The zero-order valence-electron chi connectivity index (χ0n) is 12.5. The summed E-state index contributed by atoms with van der Waals surface area (Å²) in [4.78, 5) is 15.0. The van der Waals surface area contributed by atoms with Crippen molar-refractivity contribution in [1.29, 1.82) is 0 Å². The van der Waals surface area contributed by atoms with Crippen LogP contribution in [0.25, 0.3) is 11.1 Å². The van der Waals surface area contributed by atoms with E-state index in [-0.39, 0.29) is 6.42 Å². The number of carboxylic acids is 1. The lowest BCUT2D eigenvalue weighted by Crippen LogP contribution is -2.07. The van der Waals surface area contributed by atoms with Crippen LogP contribution in [0.5, 0.6) is 0 Å². The minimum absolute atomic E-state index is 0.0310. The molecule has 0 amide bonds. The van der Waals surface area contributed by atoms with E-state index in [4.69, 9.17) is 9.84 Å².